The Kier molecular flexibility index (Phi) is 1.81. The number of phenolic OH excluding ortho intramolecular Hbond substituents is 1. The number of thiophene rings is 1. The van der Waals surface area contributed by atoms with E-state index < -0.39 is 0 Å². The Morgan fingerprint density at radius 1 is 1.50 bits per heavy atom. The first-order valence-electron chi connectivity index (χ1n) is 3.24. The number of aromatic hydroxyl groups is 1. The zero-order valence-corrected chi connectivity index (χ0v) is 8.25. The van der Waals surface area contributed by atoms with Crippen molar-refractivity contribution in [3.05, 3.63) is 27.8 Å². The lowest BCUT2D eigenvalue weighted by Crippen LogP contribution is -1.76. The monoisotopic (exact) mass is 246 g/mol. The minimum Gasteiger partial charge on any atom is -0.505 e. The van der Waals surface area contributed by atoms with Crippen LogP contribution in [0.1, 0.15) is 0 Å². The molecule has 1 aromatic heterocycles. The van der Waals surface area contributed by atoms with E-state index in [4.69, 9.17) is 0 Å². The average molecular weight is 247 g/mol. The third-order valence-electron chi connectivity index (χ3n) is 1.62. The third kappa shape index (κ3) is 1.03. The van der Waals surface area contributed by atoms with Gasteiger partial charge in [0.25, 0.3) is 0 Å². The number of benzene rings is 1. The fourth-order valence-electron chi connectivity index (χ4n) is 1.05. The van der Waals surface area contributed by atoms with E-state index in [0.29, 0.717) is 14.6 Å². The van der Waals surface area contributed by atoms with E-state index in [-0.39, 0.29) is 11.6 Å². The molecule has 62 valence electrons. The predicted molar refractivity (Wildman–Crippen MR) is 51.1 cm³/mol. The summed E-state index contributed by atoms with van der Waals surface area (Å²) < 4.78 is 14.1. The maximum absolute atomic E-state index is 13.1. The standard InChI is InChI=1S/C8H4BrFOS/c9-5-3-6(10)4-1-2-12-8(4)7(5)11/h1-3,11H. The van der Waals surface area contributed by atoms with E-state index in [1.54, 1.807) is 11.4 Å². The van der Waals surface area contributed by atoms with Crippen LogP contribution in [0.5, 0.6) is 5.75 Å². The minimum absolute atomic E-state index is 0.112. The van der Waals surface area contributed by atoms with Crippen molar-refractivity contribution in [2.45, 2.75) is 0 Å². The molecule has 0 aliphatic rings. The van der Waals surface area contributed by atoms with Crippen molar-refractivity contribution in [3.63, 3.8) is 0 Å². The number of hydrogen-bond acceptors (Lipinski definition) is 2. The Bertz CT molecular complexity index is 438. The van der Waals surface area contributed by atoms with E-state index in [2.05, 4.69) is 15.9 Å². The summed E-state index contributed by atoms with van der Waals surface area (Å²) in [5.74, 6) is -0.197. The van der Waals surface area contributed by atoms with Crippen molar-refractivity contribution in [3.8, 4) is 5.75 Å². The van der Waals surface area contributed by atoms with Crippen LogP contribution in [0.4, 0.5) is 4.39 Å². The maximum Gasteiger partial charge on any atom is 0.147 e. The molecule has 0 aliphatic heterocycles. The second-order valence-electron chi connectivity index (χ2n) is 2.35. The molecular formula is C8H4BrFOS. The first-order valence-corrected chi connectivity index (χ1v) is 4.91. The summed E-state index contributed by atoms with van der Waals surface area (Å²) in [5, 5.41) is 11.7. The molecule has 1 heterocycles. The number of fused-ring (bicyclic) bond motifs is 1. The molecule has 1 N–H and O–H groups in total. The molecule has 2 aromatic rings. The van der Waals surface area contributed by atoms with E-state index >= 15 is 0 Å². The fourth-order valence-corrected chi connectivity index (χ4v) is 2.43. The van der Waals surface area contributed by atoms with Crippen LogP contribution >= 0.6 is 27.3 Å². The topological polar surface area (TPSA) is 20.2 Å². The Morgan fingerprint density at radius 2 is 2.25 bits per heavy atom. The number of hydrogen-bond donors (Lipinski definition) is 1. The van der Waals surface area contributed by atoms with Crippen molar-refractivity contribution in [1.29, 1.82) is 0 Å². The van der Waals surface area contributed by atoms with Crippen molar-refractivity contribution in [2.75, 3.05) is 0 Å². The van der Waals surface area contributed by atoms with E-state index in [1.807, 2.05) is 0 Å². The second kappa shape index (κ2) is 2.71. The third-order valence-corrected chi connectivity index (χ3v) is 3.14. The van der Waals surface area contributed by atoms with E-state index in [1.165, 1.54) is 17.4 Å². The Labute approximate surface area is 80.6 Å². The normalized spacial score (nSPS) is 10.8. The molecule has 0 aliphatic carbocycles. The van der Waals surface area contributed by atoms with Gasteiger partial charge < -0.3 is 5.11 Å². The van der Waals surface area contributed by atoms with Crippen LogP contribution in [-0.2, 0) is 0 Å². The SMILES string of the molecule is Oc1c(Br)cc(F)c2ccsc12. The zero-order chi connectivity index (χ0) is 8.72. The molecule has 1 aromatic carbocycles. The predicted octanol–water partition coefficient (Wildman–Crippen LogP) is 3.51. The van der Waals surface area contributed by atoms with Gasteiger partial charge in [-0.25, -0.2) is 4.39 Å². The lowest BCUT2D eigenvalue weighted by molar-refractivity contribution is 0.478. The summed E-state index contributed by atoms with van der Waals surface area (Å²) in [6, 6.07) is 2.92. The van der Waals surface area contributed by atoms with Gasteiger partial charge in [0.2, 0.25) is 0 Å². The molecule has 0 saturated heterocycles. The van der Waals surface area contributed by atoms with Crippen LogP contribution < -0.4 is 0 Å². The molecule has 0 radical (unpaired) electrons. The smallest absolute Gasteiger partial charge is 0.147 e. The molecule has 0 saturated carbocycles. The Balaban J connectivity index is 2.97. The van der Waals surface area contributed by atoms with Gasteiger partial charge in [-0.1, -0.05) is 0 Å². The zero-order valence-electron chi connectivity index (χ0n) is 5.84. The van der Waals surface area contributed by atoms with Crippen LogP contribution in [0.3, 0.4) is 0 Å². The van der Waals surface area contributed by atoms with Crippen molar-refractivity contribution in [2.24, 2.45) is 0 Å². The van der Waals surface area contributed by atoms with Gasteiger partial charge in [-0.05, 0) is 33.4 Å². The lowest BCUT2D eigenvalue weighted by atomic mass is 10.2. The van der Waals surface area contributed by atoms with Gasteiger partial charge >= 0.3 is 0 Å². The summed E-state index contributed by atoms with van der Waals surface area (Å²) in [4.78, 5) is 0. The molecular weight excluding hydrogens is 243 g/mol. The highest BCUT2D eigenvalue weighted by molar-refractivity contribution is 9.10. The molecule has 0 bridgehead atoms. The van der Waals surface area contributed by atoms with Crippen molar-refractivity contribution >= 4 is 37.4 Å². The highest BCUT2D eigenvalue weighted by atomic mass is 79.9. The van der Waals surface area contributed by atoms with Gasteiger partial charge in [-0.2, -0.15) is 0 Å². The molecule has 0 fully saturated rings. The van der Waals surface area contributed by atoms with Gasteiger partial charge in [-0.15, -0.1) is 11.3 Å². The average Bonchev–Trinajstić information content (AvgIpc) is 2.48. The molecule has 1 nitrogen and oxygen atoms in total. The highest BCUT2D eigenvalue weighted by Gasteiger charge is 2.09. The molecule has 0 spiro atoms. The summed E-state index contributed by atoms with van der Waals surface area (Å²) >= 11 is 4.39. The van der Waals surface area contributed by atoms with Crippen molar-refractivity contribution < 1.29 is 9.50 Å². The second-order valence-corrected chi connectivity index (χ2v) is 4.12. The van der Waals surface area contributed by atoms with Gasteiger partial charge in [0.05, 0.1) is 9.17 Å². The van der Waals surface area contributed by atoms with E-state index in [0.717, 1.165) is 0 Å². The van der Waals surface area contributed by atoms with Crippen LogP contribution in [-0.4, -0.2) is 5.11 Å². The molecule has 12 heavy (non-hydrogen) atoms. The molecule has 0 amide bonds. The molecule has 0 unspecified atom stereocenters. The van der Waals surface area contributed by atoms with E-state index in [9.17, 15) is 9.50 Å². The van der Waals surface area contributed by atoms with Gasteiger partial charge in [0, 0.05) is 5.39 Å². The number of phenols is 1. The summed E-state index contributed by atoms with van der Waals surface area (Å²) in [6.07, 6.45) is 0. The fraction of sp³-hybridized carbons (Fsp3) is 0. The Hall–Kier alpha value is -0.610. The number of rotatable bonds is 0. The lowest BCUT2D eigenvalue weighted by Gasteiger charge is -1.98. The van der Waals surface area contributed by atoms with Gasteiger partial charge in [-0.3, -0.25) is 0 Å². The minimum atomic E-state index is -0.309. The van der Waals surface area contributed by atoms with Gasteiger partial charge in [0.1, 0.15) is 11.6 Å². The van der Waals surface area contributed by atoms with Crippen LogP contribution in [0, 0.1) is 5.82 Å². The summed E-state index contributed by atoms with van der Waals surface area (Å²) in [6.45, 7) is 0. The summed E-state index contributed by atoms with van der Waals surface area (Å²) in [5.41, 5.74) is 0. The quantitative estimate of drug-likeness (QED) is 0.755. The molecule has 0 atom stereocenters. The van der Waals surface area contributed by atoms with Crippen molar-refractivity contribution in [1.82, 2.24) is 0 Å². The van der Waals surface area contributed by atoms with Crippen LogP contribution in [0.2, 0.25) is 0 Å². The summed E-state index contributed by atoms with van der Waals surface area (Å²) in [7, 11) is 0. The molecule has 2 rings (SSSR count). The van der Waals surface area contributed by atoms with Crippen LogP contribution in [0.25, 0.3) is 10.1 Å². The number of halogens is 2. The first kappa shape index (κ1) is 8.01. The van der Waals surface area contributed by atoms with Crippen LogP contribution in [0.15, 0.2) is 22.0 Å². The largest absolute Gasteiger partial charge is 0.505 e. The first-order chi connectivity index (χ1) is 5.70. The Morgan fingerprint density at radius 3 is 3.00 bits per heavy atom. The maximum atomic E-state index is 13.1. The van der Waals surface area contributed by atoms with Gasteiger partial charge in [0.15, 0.2) is 0 Å². The highest BCUT2D eigenvalue weighted by Crippen LogP contribution is 2.37. The molecule has 4 heteroatoms.